The van der Waals surface area contributed by atoms with Gasteiger partial charge in [-0.3, -0.25) is 0 Å². The van der Waals surface area contributed by atoms with Crippen LogP contribution in [0.25, 0.3) is 10.9 Å². The van der Waals surface area contributed by atoms with Crippen molar-refractivity contribution in [2.24, 2.45) is 0 Å². The highest BCUT2D eigenvalue weighted by Crippen LogP contribution is 2.24. The van der Waals surface area contributed by atoms with Crippen molar-refractivity contribution in [1.29, 1.82) is 0 Å². The summed E-state index contributed by atoms with van der Waals surface area (Å²) in [6.07, 6.45) is 0. The van der Waals surface area contributed by atoms with Gasteiger partial charge in [0, 0.05) is 10.4 Å². The van der Waals surface area contributed by atoms with Crippen LogP contribution in [0, 0.1) is 12.7 Å². The van der Waals surface area contributed by atoms with Crippen LogP contribution in [0.5, 0.6) is 0 Å². The predicted octanol–water partition coefficient (Wildman–Crippen LogP) is 2.31. The maximum absolute atomic E-state index is 13.4. The summed E-state index contributed by atoms with van der Waals surface area (Å²) < 4.78 is 13.4. The molecule has 1 aromatic heterocycles. The van der Waals surface area contributed by atoms with Crippen LogP contribution in [0.1, 0.15) is 5.82 Å². The number of halogens is 2. The summed E-state index contributed by atoms with van der Waals surface area (Å²) in [7, 11) is 0. The fraction of sp³-hybridized carbons (Fsp3) is 0.111. The second-order valence-corrected chi connectivity index (χ2v) is 3.38. The van der Waals surface area contributed by atoms with Crippen LogP contribution in [0.4, 0.5) is 10.2 Å². The Kier molecular flexibility index (Phi) is 2.00. The number of nitrogens with zero attached hydrogens (tertiary/aromatic N) is 2. The van der Waals surface area contributed by atoms with E-state index in [1.54, 1.807) is 13.0 Å². The lowest BCUT2D eigenvalue weighted by molar-refractivity contribution is 0.636. The molecule has 1 heterocycles. The molecule has 2 rings (SSSR count). The number of fused-ring (bicyclic) bond motifs is 1. The second kappa shape index (κ2) is 3.06. The largest absolute Gasteiger partial charge is 0.383 e. The molecule has 0 amide bonds. The van der Waals surface area contributed by atoms with Crippen LogP contribution in [-0.2, 0) is 0 Å². The lowest BCUT2D eigenvalue weighted by atomic mass is 10.2. The van der Waals surface area contributed by atoms with E-state index in [0.29, 0.717) is 11.2 Å². The van der Waals surface area contributed by atoms with Crippen molar-refractivity contribution >= 4 is 28.3 Å². The van der Waals surface area contributed by atoms with E-state index in [9.17, 15) is 4.39 Å². The molecule has 14 heavy (non-hydrogen) atoms. The molecule has 0 unspecified atom stereocenters. The van der Waals surface area contributed by atoms with Gasteiger partial charge in [0.05, 0.1) is 0 Å². The highest BCUT2D eigenvalue weighted by Gasteiger charge is 2.08. The highest BCUT2D eigenvalue weighted by molar-refractivity contribution is 6.31. The van der Waals surface area contributed by atoms with Gasteiger partial charge in [-0.05, 0) is 19.1 Å². The van der Waals surface area contributed by atoms with Crippen molar-refractivity contribution in [2.45, 2.75) is 6.92 Å². The van der Waals surface area contributed by atoms with Crippen molar-refractivity contribution in [2.75, 3.05) is 5.73 Å². The van der Waals surface area contributed by atoms with Crippen LogP contribution in [0.15, 0.2) is 12.1 Å². The van der Waals surface area contributed by atoms with Crippen LogP contribution in [0.3, 0.4) is 0 Å². The molecule has 5 heteroatoms. The number of aromatic nitrogens is 2. The molecule has 0 aliphatic carbocycles. The van der Waals surface area contributed by atoms with Gasteiger partial charge in [0.2, 0.25) is 0 Å². The zero-order valence-electron chi connectivity index (χ0n) is 7.38. The van der Waals surface area contributed by atoms with E-state index in [4.69, 9.17) is 17.3 Å². The lowest BCUT2D eigenvalue weighted by Crippen LogP contribution is -1.98. The Balaban J connectivity index is 2.94. The lowest BCUT2D eigenvalue weighted by Gasteiger charge is -2.03. The van der Waals surface area contributed by atoms with Gasteiger partial charge in [-0.1, -0.05) is 11.6 Å². The minimum atomic E-state index is -0.482. The van der Waals surface area contributed by atoms with Crippen molar-refractivity contribution in [1.82, 2.24) is 9.97 Å². The smallest absolute Gasteiger partial charge is 0.151 e. The molecule has 0 aliphatic heterocycles. The quantitative estimate of drug-likeness (QED) is 0.728. The van der Waals surface area contributed by atoms with Gasteiger partial charge < -0.3 is 5.73 Å². The summed E-state index contributed by atoms with van der Waals surface area (Å²) in [5.41, 5.74) is 5.83. The van der Waals surface area contributed by atoms with Crippen LogP contribution >= 0.6 is 11.6 Å². The fourth-order valence-corrected chi connectivity index (χ4v) is 1.50. The van der Waals surface area contributed by atoms with E-state index in [0.717, 1.165) is 0 Å². The summed E-state index contributed by atoms with van der Waals surface area (Å²) in [6.45, 7) is 1.66. The highest BCUT2D eigenvalue weighted by atomic mass is 35.5. The topological polar surface area (TPSA) is 51.8 Å². The van der Waals surface area contributed by atoms with Gasteiger partial charge in [-0.15, -0.1) is 0 Å². The van der Waals surface area contributed by atoms with Gasteiger partial charge >= 0.3 is 0 Å². The monoisotopic (exact) mass is 211 g/mol. The van der Waals surface area contributed by atoms with E-state index in [1.165, 1.54) is 6.07 Å². The summed E-state index contributed by atoms with van der Waals surface area (Å²) in [4.78, 5) is 7.88. The number of hydrogen-bond donors (Lipinski definition) is 1. The van der Waals surface area contributed by atoms with Crippen LogP contribution in [0.2, 0.25) is 5.02 Å². The summed E-state index contributed by atoms with van der Waals surface area (Å²) in [6, 6.07) is 2.75. The maximum Gasteiger partial charge on any atom is 0.151 e. The molecule has 0 bridgehead atoms. The van der Waals surface area contributed by atoms with Gasteiger partial charge in [-0.2, -0.15) is 0 Å². The zero-order valence-corrected chi connectivity index (χ0v) is 8.14. The molecule has 1 aromatic carbocycles. The summed E-state index contributed by atoms with van der Waals surface area (Å²) in [5.74, 6) is 0.204. The second-order valence-electron chi connectivity index (χ2n) is 2.94. The molecule has 0 fully saturated rings. The number of anilines is 1. The SMILES string of the molecule is Cc1nc(N)c2cc(Cl)cc(F)c2n1. The Morgan fingerprint density at radius 3 is 2.79 bits per heavy atom. The van der Waals surface area contributed by atoms with Crippen molar-refractivity contribution in [3.8, 4) is 0 Å². The minimum Gasteiger partial charge on any atom is -0.383 e. The average Bonchev–Trinajstić information content (AvgIpc) is 2.07. The summed E-state index contributed by atoms with van der Waals surface area (Å²) >= 11 is 5.68. The first-order valence-corrected chi connectivity index (χ1v) is 4.34. The van der Waals surface area contributed by atoms with E-state index in [-0.39, 0.29) is 16.4 Å². The Morgan fingerprint density at radius 1 is 1.36 bits per heavy atom. The Bertz CT molecular complexity index is 466. The first-order valence-electron chi connectivity index (χ1n) is 3.97. The van der Waals surface area contributed by atoms with Crippen molar-refractivity contribution < 1.29 is 4.39 Å². The third-order valence-electron chi connectivity index (χ3n) is 1.86. The Hall–Kier alpha value is -1.42. The molecule has 2 N–H and O–H groups in total. The van der Waals surface area contributed by atoms with E-state index < -0.39 is 5.82 Å². The van der Waals surface area contributed by atoms with Gasteiger partial charge in [0.25, 0.3) is 0 Å². The molecule has 0 aliphatic rings. The average molecular weight is 212 g/mol. The molecule has 0 saturated carbocycles. The Labute approximate surface area is 84.7 Å². The molecule has 0 spiro atoms. The van der Waals surface area contributed by atoms with Crippen molar-refractivity contribution in [3.63, 3.8) is 0 Å². The zero-order chi connectivity index (χ0) is 10.3. The molecule has 72 valence electrons. The molecular formula is C9H7ClFN3. The molecule has 0 saturated heterocycles. The van der Waals surface area contributed by atoms with Gasteiger partial charge in [-0.25, -0.2) is 14.4 Å². The van der Waals surface area contributed by atoms with E-state index in [2.05, 4.69) is 9.97 Å². The predicted molar refractivity (Wildman–Crippen MR) is 53.7 cm³/mol. The van der Waals surface area contributed by atoms with Gasteiger partial charge in [0.15, 0.2) is 5.82 Å². The molecule has 0 atom stereocenters. The normalized spacial score (nSPS) is 10.8. The van der Waals surface area contributed by atoms with Crippen LogP contribution < -0.4 is 5.73 Å². The maximum atomic E-state index is 13.4. The van der Waals surface area contributed by atoms with Crippen molar-refractivity contribution in [3.05, 3.63) is 28.8 Å². The standard InChI is InChI=1S/C9H7ClFN3/c1-4-13-8-6(9(12)14-4)2-5(10)3-7(8)11/h2-3H,1H3,(H2,12,13,14). The Morgan fingerprint density at radius 2 is 2.07 bits per heavy atom. The molecule has 2 aromatic rings. The number of rotatable bonds is 0. The number of aryl methyl sites for hydroxylation is 1. The summed E-state index contributed by atoms with van der Waals surface area (Å²) in [5, 5.41) is 0.731. The molecule has 3 nitrogen and oxygen atoms in total. The first kappa shape index (κ1) is 9.15. The van der Waals surface area contributed by atoms with Gasteiger partial charge in [0.1, 0.15) is 17.2 Å². The number of nitrogens with two attached hydrogens (primary N) is 1. The third-order valence-corrected chi connectivity index (χ3v) is 2.08. The van der Waals surface area contributed by atoms with Crippen LogP contribution in [-0.4, -0.2) is 9.97 Å². The number of nitrogen functional groups attached to an aromatic ring is 1. The fourth-order valence-electron chi connectivity index (χ4n) is 1.30. The van der Waals surface area contributed by atoms with E-state index >= 15 is 0 Å². The third kappa shape index (κ3) is 1.37. The molecular weight excluding hydrogens is 205 g/mol. The minimum absolute atomic E-state index is 0.208. The number of benzene rings is 1. The van der Waals surface area contributed by atoms with E-state index in [1.807, 2.05) is 0 Å². The molecule has 0 radical (unpaired) electrons. The first-order chi connectivity index (χ1) is 6.58. The number of hydrogen-bond acceptors (Lipinski definition) is 3.